The Hall–Kier alpha value is -1.68. The number of hydrogen-bond donors (Lipinski definition) is 1. The Balaban J connectivity index is 3.17. The lowest BCUT2D eigenvalue weighted by Gasteiger charge is -2.10. The maximum Gasteiger partial charge on any atom is 0.574 e. The largest absolute Gasteiger partial charge is 0.574 e. The molecule has 0 aliphatic carbocycles. The number of aromatic nitrogens is 1. The van der Waals surface area contributed by atoms with Gasteiger partial charge in [0.1, 0.15) is 5.82 Å². The summed E-state index contributed by atoms with van der Waals surface area (Å²) in [5.74, 6) is -1.16. The maximum atomic E-state index is 11.9. The quantitative estimate of drug-likeness (QED) is 0.818. The van der Waals surface area contributed by atoms with Crippen molar-refractivity contribution in [2.24, 2.45) is 0 Å². The molecule has 0 aliphatic rings. The van der Waals surface area contributed by atoms with Crippen LogP contribution in [0.3, 0.4) is 0 Å². The van der Waals surface area contributed by atoms with Crippen molar-refractivity contribution in [1.29, 1.82) is 5.26 Å². The molecule has 1 heterocycles. The van der Waals surface area contributed by atoms with Gasteiger partial charge in [0.05, 0.1) is 17.5 Å². The summed E-state index contributed by atoms with van der Waals surface area (Å²) in [6, 6.07) is 2.50. The molecule has 1 aromatic rings. The first-order valence-corrected chi connectivity index (χ1v) is 4.42. The van der Waals surface area contributed by atoms with Crippen LogP contribution >= 0.6 is 11.6 Å². The number of nitrogen functional groups attached to an aromatic ring is 1. The predicted molar refractivity (Wildman–Crippen MR) is 49.6 cm³/mol. The second kappa shape index (κ2) is 4.45. The molecule has 4 nitrogen and oxygen atoms in total. The van der Waals surface area contributed by atoms with Crippen LogP contribution in [0.4, 0.5) is 19.0 Å². The van der Waals surface area contributed by atoms with Crippen molar-refractivity contribution in [3.63, 3.8) is 0 Å². The van der Waals surface area contributed by atoms with Crippen LogP contribution < -0.4 is 10.5 Å². The van der Waals surface area contributed by atoms with Crippen LogP contribution in [0.2, 0.25) is 0 Å². The van der Waals surface area contributed by atoms with Crippen molar-refractivity contribution < 1.29 is 17.9 Å². The minimum atomic E-state index is -4.88. The first-order valence-electron chi connectivity index (χ1n) is 3.88. The van der Waals surface area contributed by atoms with Gasteiger partial charge < -0.3 is 10.5 Å². The van der Waals surface area contributed by atoms with E-state index < -0.39 is 12.2 Å². The number of ether oxygens (including phenoxy) is 1. The molecule has 1 aromatic heterocycles. The van der Waals surface area contributed by atoms with Crippen LogP contribution in [0.15, 0.2) is 6.07 Å². The molecule has 0 aliphatic heterocycles. The van der Waals surface area contributed by atoms with E-state index >= 15 is 0 Å². The molecule has 86 valence electrons. The molecular formula is C8H5ClF3N3O. The molecule has 0 radical (unpaired) electrons. The number of nitrogens with two attached hydrogens (primary N) is 1. The van der Waals surface area contributed by atoms with Crippen LogP contribution in [0, 0.1) is 11.3 Å². The smallest absolute Gasteiger partial charge is 0.388 e. The van der Waals surface area contributed by atoms with Gasteiger partial charge in [-0.15, -0.1) is 24.8 Å². The van der Waals surface area contributed by atoms with E-state index in [-0.39, 0.29) is 22.8 Å². The van der Waals surface area contributed by atoms with Gasteiger partial charge in [-0.1, -0.05) is 0 Å². The summed E-state index contributed by atoms with van der Waals surface area (Å²) in [5.41, 5.74) is 5.42. The third kappa shape index (κ3) is 2.90. The molecule has 0 amide bonds. The summed E-state index contributed by atoms with van der Waals surface area (Å²) in [7, 11) is 0. The van der Waals surface area contributed by atoms with Gasteiger partial charge in [-0.3, -0.25) is 0 Å². The van der Waals surface area contributed by atoms with Crippen LogP contribution in [0.5, 0.6) is 5.88 Å². The van der Waals surface area contributed by atoms with Crippen molar-refractivity contribution in [2.75, 3.05) is 5.73 Å². The van der Waals surface area contributed by atoms with Gasteiger partial charge >= 0.3 is 6.36 Å². The van der Waals surface area contributed by atoms with E-state index in [1.54, 1.807) is 6.07 Å². The number of nitriles is 1. The molecule has 8 heteroatoms. The molecule has 0 fully saturated rings. The molecular weight excluding hydrogens is 247 g/mol. The molecule has 0 spiro atoms. The monoisotopic (exact) mass is 251 g/mol. The average molecular weight is 252 g/mol. The van der Waals surface area contributed by atoms with Crippen LogP contribution in [0.1, 0.15) is 11.1 Å². The SMILES string of the molecule is N#Cc1cc(OC(F)(F)F)nc(N)c1CCl. The van der Waals surface area contributed by atoms with E-state index in [9.17, 15) is 13.2 Å². The van der Waals surface area contributed by atoms with Crippen molar-refractivity contribution in [2.45, 2.75) is 12.2 Å². The van der Waals surface area contributed by atoms with Crippen molar-refractivity contribution in [3.8, 4) is 11.9 Å². The number of alkyl halides is 4. The molecule has 0 bridgehead atoms. The molecule has 0 unspecified atom stereocenters. The topological polar surface area (TPSA) is 71.9 Å². The lowest BCUT2D eigenvalue weighted by atomic mass is 10.1. The van der Waals surface area contributed by atoms with Gasteiger partial charge in [0, 0.05) is 11.6 Å². The number of hydrogen-bond acceptors (Lipinski definition) is 4. The normalized spacial score (nSPS) is 10.9. The molecule has 1 rings (SSSR count). The van der Waals surface area contributed by atoms with Gasteiger partial charge in [0.2, 0.25) is 5.88 Å². The summed E-state index contributed by atoms with van der Waals surface area (Å²) >= 11 is 5.47. The minimum Gasteiger partial charge on any atom is -0.388 e. The molecule has 16 heavy (non-hydrogen) atoms. The Morgan fingerprint density at radius 3 is 2.62 bits per heavy atom. The molecule has 0 atom stereocenters. The Labute approximate surface area is 93.4 Å². The van der Waals surface area contributed by atoms with Crippen molar-refractivity contribution in [3.05, 3.63) is 17.2 Å². The molecule has 0 saturated carbocycles. The van der Waals surface area contributed by atoms with E-state index in [4.69, 9.17) is 22.6 Å². The fourth-order valence-electron chi connectivity index (χ4n) is 0.978. The number of anilines is 1. The molecule has 0 saturated heterocycles. The second-order valence-electron chi connectivity index (χ2n) is 2.67. The van der Waals surface area contributed by atoms with E-state index in [1.165, 1.54) is 0 Å². The first kappa shape index (κ1) is 12.4. The fraction of sp³-hybridized carbons (Fsp3) is 0.250. The highest BCUT2D eigenvalue weighted by atomic mass is 35.5. The Morgan fingerprint density at radius 2 is 2.19 bits per heavy atom. The zero-order chi connectivity index (χ0) is 12.3. The van der Waals surface area contributed by atoms with Gasteiger partial charge in [0.15, 0.2) is 0 Å². The minimum absolute atomic E-state index is 0.0956. The lowest BCUT2D eigenvalue weighted by molar-refractivity contribution is -0.276. The highest BCUT2D eigenvalue weighted by Crippen LogP contribution is 2.26. The van der Waals surface area contributed by atoms with Crippen LogP contribution in [-0.2, 0) is 5.88 Å². The van der Waals surface area contributed by atoms with E-state index in [0.29, 0.717) is 0 Å². The zero-order valence-corrected chi connectivity index (χ0v) is 8.43. The average Bonchev–Trinajstić information content (AvgIpc) is 2.14. The fourth-order valence-corrected chi connectivity index (χ4v) is 1.26. The van der Waals surface area contributed by atoms with Gasteiger partial charge in [-0.25, -0.2) is 0 Å². The van der Waals surface area contributed by atoms with Crippen LogP contribution in [0.25, 0.3) is 0 Å². The van der Waals surface area contributed by atoms with E-state index in [0.717, 1.165) is 6.07 Å². The highest BCUT2D eigenvalue weighted by molar-refractivity contribution is 6.17. The molecule has 0 aromatic carbocycles. The van der Waals surface area contributed by atoms with Crippen molar-refractivity contribution in [1.82, 2.24) is 4.98 Å². The standard InChI is InChI=1S/C8H5ClF3N3O/c9-2-5-4(3-13)1-6(15-7(5)14)16-8(10,11)12/h1H,2H2,(H2,14,15). The third-order valence-electron chi connectivity index (χ3n) is 1.61. The molecule has 2 N–H and O–H groups in total. The Morgan fingerprint density at radius 1 is 1.56 bits per heavy atom. The summed E-state index contributed by atoms with van der Waals surface area (Å²) < 4.78 is 39.2. The van der Waals surface area contributed by atoms with Gasteiger partial charge in [-0.2, -0.15) is 10.2 Å². The van der Waals surface area contributed by atoms with Gasteiger partial charge in [0.25, 0.3) is 0 Å². The predicted octanol–water partition coefficient (Wildman–Crippen LogP) is 2.17. The third-order valence-corrected chi connectivity index (χ3v) is 1.87. The lowest BCUT2D eigenvalue weighted by Crippen LogP contribution is -2.18. The number of halogens is 4. The second-order valence-corrected chi connectivity index (χ2v) is 2.93. The van der Waals surface area contributed by atoms with E-state index in [2.05, 4.69) is 9.72 Å². The summed E-state index contributed by atoms with van der Waals surface area (Å²) in [6.45, 7) is 0. The summed E-state index contributed by atoms with van der Waals surface area (Å²) in [6.07, 6.45) is -4.88. The first-order chi connectivity index (χ1) is 7.37. The van der Waals surface area contributed by atoms with Crippen LogP contribution in [-0.4, -0.2) is 11.3 Å². The maximum absolute atomic E-state index is 11.9. The summed E-state index contributed by atoms with van der Waals surface area (Å²) in [4.78, 5) is 3.34. The highest BCUT2D eigenvalue weighted by Gasteiger charge is 2.32. The number of rotatable bonds is 2. The Kier molecular flexibility index (Phi) is 3.44. The van der Waals surface area contributed by atoms with E-state index in [1.807, 2.05) is 0 Å². The van der Waals surface area contributed by atoms with Gasteiger partial charge in [-0.05, 0) is 0 Å². The van der Waals surface area contributed by atoms with Crippen molar-refractivity contribution >= 4 is 17.4 Å². The number of pyridine rings is 1. The Bertz CT molecular complexity index is 441. The summed E-state index contributed by atoms with van der Waals surface area (Å²) in [5, 5.41) is 8.67. The zero-order valence-electron chi connectivity index (χ0n) is 7.68. The number of nitrogens with zero attached hydrogens (tertiary/aromatic N) is 2.